The van der Waals surface area contributed by atoms with Crippen LogP contribution in [-0.2, 0) is 22.5 Å². The first-order valence-corrected chi connectivity index (χ1v) is 17.4. The number of carboxylic acids is 1. The molecule has 0 radical (unpaired) electrons. The number of methoxy groups -OCH3 is 1. The Morgan fingerprint density at radius 1 is 1.10 bits per heavy atom. The van der Waals surface area contributed by atoms with Crippen molar-refractivity contribution in [2.45, 2.75) is 62.9 Å². The van der Waals surface area contributed by atoms with Gasteiger partial charge in [0.15, 0.2) is 11.6 Å². The second-order valence-corrected chi connectivity index (χ2v) is 13.6. The molecule has 0 unspecified atom stereocenters. The van der Waals surface area contributed by atoms with Gasteiger partial charge < -0.3 is 35.4 Å². The molecule has 4 N–H and O–H groups in total. The van der Waals surface area contributed by atoms with Crippen LogP contribution >= 0.6 is 23.2 Å². The van der Waals surface area contributed by atoms with Crippen molar-refractivity contribution in [3.05, 3.63) is 92.6 Å². The van der Waals surface area contributed by atoms with Gasteiger partial charge in [-0.15, -0.1) is 0 Å². The van der Waals surface area contributed by atoms with E-state index in [1.54, 1.807) is 13.3 Å². The molecule has 0 spiro atoms. The monoisotopic (exact) mass is 715 g/mol. The summed E-state index contributed by atoms with van der Waals surface area (Å²) < 4.78 is 38.5. The van der Waals surface area contributed by atoms with Crippen LogP contribution < -0.4 is 25.6 Å². The van der Waals surface area contributed by atoms with E-state index in [0.717, 1.165) is 60.5 Å². The number of carbonyl (C=O) groups is 1. The minimum Gasteiger partial charge on any atom is -0.484 e. The number of anilines is 1. The molecule has 49 heavy (non-hydrogen) atoms. The van der Waals surface area contributed by atoms with Crippen LogP contribution in [0.4, 0.5) is 14.6 Å². The molecule has 1 aliphatic carbocycles. The molecule has 1 aromatic heterocycles. The number of rotatable bonds is 11. The first-order chi connectivity index (χ1) is 23.7. The average molecular weight is 717 g/mol. The Balaban J connectivity index is 0.000000218. The molecule has 9 nitrogen and oxygen atoms in total. The molecule has 262 valence electrons. The van der Waals surface area contributed by atoms with Gasteiger partial charge in [-0.3, -0.25) is 0 Å². The molecule has 0 amide bonds. The molecule has 3 atom stereocenters. The summed E-state index contributed by atoms with van der Waals surface area (Å²) in [5.74, 6) is -1.91. The molecular weight excluding hydrogens is 675 g/mol. The minimum absolute atomic E-state index is 0.188. The molecule has 1 saturated carbocycles. The number of benzene rings is 2. The van der Waals surface area contributed by atoms with Gasteiger partial charge in [0.2, 0.25) is 0 Å². The van der Waals surface area contributed by atoms with Crippen LogP contribution in [0.5, 0.6) is 5.75 Å². The van der Waals surface area contributed by atoms with Gasteiger partial charge in [0.05, 0.1) is 24.8 Å². The first-order valence-electron chi connectivity index (χ1n) is 16.6. The second-order valence-electron chi connectivity index (χ2n) is 12.9. The lowest BCUT2D eigenvalue weighted by Gasteiger charge is -2.38. The van der Waals surface area contributed by atoms with Gasteiger partial charge in [-0.2, -0.15) is 0 Å². The highest BCUT2D eigenvalue weighted by molar-refractivity contribution is 6.32. The number of aromatic nitrogens is 1. The van der Waals surface area contributed by atoms with Crippen LogP contribution in [0.1, 0.15) is 42.4 Å². The highest BCUT2D eigenvalue weighted by atomic mass is 35.5. The molecular formula is C36H41Cl2F2N5O4. The van der Waals surface area contributed by atoms with Gasteiger partial charge in [0.25, 0.3) is 0 Å². The number of nitrogens with zero attached hydrogens (tertiary/aromatic N) is 2. The van der Waals surface area contributed by atoms with E-state index < -0.39 is 17.6 Å². The summed E-state index contributed by atoms with van der Waals surface area (Å²) >= 11 is 12.0. The Labute approximate surface area is 295 Å². The predicted molar refractivity (Wildman–Crippen MR) is 186 cm³/mol. The third-order valence-electron chi connectivity index (χ3n) is 9.25. The standard InChI is InChI=1S/C23H23ClF2N4O3.C13H18ClNO/c24-21-16(25)2-3-17(26)22(21)33-14-5-6-30(11-14)19-4-1-12(8-28-19)15-7-13-9-27-10-18(29-13)20(15)23(31)32;1-16-7-6-10-2-5-13(14)11(8-10)9-15-12-3-4-12/h1-4,8,13-14,18,27,29H,5-7,9-11H2,(H,31,32);2,5,8,12,15H,3-4,6-7,9H2,1H3/t13-,14+,18-;/m0./s1. The number of pyridine rings is 1. The highest BCUT2D eigenvalue weighted by Crippen LogP contribution is 2.34. The molecule has 2 bridgehead atoms. The fourth-order valence-electron chi connectivity index (χ4n) is 6.49. The summed E-state index contributed by atoms with van der Waals surface area (Å²) in [5, 5.41) is 20.4. The van der Waals surface area contributed by atoms with Crippen molar-refractivity contribution < 1.29 is 28.2 Å². The van der Waals surface area contributed by atoms with E-state index in [1.807, 2.05) is 23.1 Å². The van der Waals surface area contributed by atoms with Crippen molar-refractivity contribution in [3.63, 3.8) is 0 Å². The van der Waals surface area contributed by atoms with Crippen molar-refractivity contribution in [2.24, 2.45) is 0 Å². The van der Waals surface area contributed by atoms with Gasteiger partial charge in [0.1, 0.15) is 22.8 Å². The molecule has 3 fully saturated rings. The number of piperazine rings is 1. The quantitative estimate of drug-likeness (QED) is 0.188. The molecule has 13 heteroatoms. The lowest BCUT2D eigenvalue weighted by molar-refractivity contribution is -0.133. The molecule has 3 aromatic rings. The zero-order chi connectivity index (χ0) is 34.5. The summed E-state index contributed by atoms with van der Waals surface area (Å²) in [6.45, 7) is 4.10. The maximum absolute atomic E-state index is 14.0. The van der Waals surface area contributed by atoms with E-state index in [2.05, 4.69) is 33.1 Å². The zero-order valence-corrected chi connectivity index (χ0v) is 28.8. The Bertz CT molecular complexity index is 1670. The first kappa shape index (κ1) is 35.5. The lowest BCUT2D eigenvalue weighted by Crippen LogP contribution is -2.58. The number of fused-ring (bicyclic) bond motifs is 2. The van der Waals surface area contributed by atoms with E-state index in [1.165, 1.54) is 24.0 Å². The van der Waals surface area contributed by atoms with E-state index in [-0.39, 0.29) is 29.0 Å². The molecule has 2 saturated heterocycles. The van der Waals surface area contributed by atoms with Gasteiger partial charge in [-0.1, -0.05) is 35.3 Å². The average Bonchev–Trinajstić information content (AvgIpc) is 3.82. The molecule has 4 aliphatic rings. The summed E-state index contributed by atoms with van der Waals surface area (Å²) in [6, 6.07) is 12.6. The lowest BCUT2D eigenvalue weighted by atomic mass is 9.85. The maximum atomic E-state index is 14.0. The third-order valence-corrected chi connectivity index (χ3v) is 9.97. The summed E-state index contributed by atoms with van der Waals surface area (Å²) in [5.41, 5.74) is 4.49. The van der Waals surface area contributed by atoms with E-state index >= 15 is 0 Å². The largest absolute Gasteiger partial charge is 0.484 e. The summed E-state index contributed by atoms with van der Waals surface area (Å²) in [6.07, 6.45) is 6.13. The summed E-state index contributed by atoms with van der Waals surface area (Å²) in [7, 11) is 1.73. The van der Waals surface area contributed by atoms with Crippen molar-refractivity contribution in [3.8, 4) is 5.75 Å². The zero-order valence-electron chi connectivity index (χ0n) is 27.3. The normalized spacial score (nSPS) is 21.7. The van der Waals surface area contributed by atoms with Crippen LogP contribution in [0.3, 0.4) is 0 Å². The molecule has 4 heterocycles. The Hall–Kier alpha value is -3.32. The number of aliphatic carboxylic acids is 1. The van der Waals surface area contributed by atoms with Crippen molar-refractivity contribution >= 4 is 40.6 Å². The fourth-order valence-corrected chi connectivity index (χ4v) is 6.87. The van der Waals surface area contributed by atoms with E-state index in [0.29, 0.717) is 43.9 Å². The number of carboxylic acid groups (broad SMARTS) is 1. The number of nitrogens with one attached hydrogen (secondary N) is 3. The van der Waals surface area contributed by atoms with Gasteiger partial charge in [0, 0.05) is 63.0 Å². The number of hydrogen-bond acceptors (Lipinski definition) is 8. The third kappa shape index (κ3) is 8.89. The highest BCUT2D eigenvalue weighted by Gasteiger charge is 2.36. The van der Waals surface area contributed by atoms with Crippen molar-refractivity contribution in [2.75, 3.05) is 44.8 Å². The topological polar surface area (TPSA) is 108 Å². The summed E-state index contributed by atoms with van der Waals surface area (Å²) in [4.78, 5) is 18.5. The SMILES string of the molecule is COCCc1ccc(Cl)c(CNC2CC2)c1.O=C(O)C1=C(c2ccc(N3CC[C@@H](Oc4c(F)ccc(F)c4Cl)C3)nc2)C[C@H]2CNC[C@@H]1N2. The smallest absolute Gasteiger partial charge is 0.333 e. The van der Waals surface area contributed by atoms with Crippen molar-refractivity contribution in [1.29, 1.82) is 0 Å². The Morgan fingerprint density at radius 2 is 1.92 bits per heavy atom. The van der Waals surface area contributed by atoms with Crippen LogP contribution in [0.15, 0.2) is 54.2 Å². The predicted octanol–water partition coefficient (Wildman–Crippen LogP) is 5.62. The van der Waals surface area contributed by atoms with Crippen molar-refractivity contribution in [1.82, 2.24) is 20.9 Å². The Kier molecular flexibility index (Phi) is 11.7. The number of ether oxygens (including phenoxy) is 2. The number of halogens is 4. The number of hydrogen-bond donors (Lipinski definition) is 4. The van der Waals surface area contributed by atoms with Gasteiger partial charge >= 0.3 is 5.97 Å². The van der Waals surface area contributed by atoms with Crippen LogP contribution in [0.25, 0.3) is 5.57 Å². The fraction of sp³-hybridized carbons (Fsp3) is 0.444. The van der Waals surface area contributed by atoms with Gasteiger partial charge in [-0.25, -0.2) is 18.6 Å². The second kappa shape index (κ2) is 16.1. The molecule has 3 aliphatic heterocycles. The molecule has 2 aromatic carbocycles. The molecule has 7 rings (SSSR count). The van der Waals surface area contributed by atoms with E-state index in [4.69, 9.17) is 32.7 Å². The van der Waals surface area contributed by atoms with Crippen LogP contribution in [-0.4, -0.2) is 80.2 Å². The Morgan fingerprint density at radius 3 is 2.65 bits per heavy atom. The van der Waals surface area contributed by atoms with Crippen LogP contribution in [0, 0.1) is 11.6 Å². The maximum Gasteiger partial charge on any atom is 0.333 e. The van der Waals surface area contributed by atoms with Gasteiger partial charge in [-0.05, 0) is 78.3 Å². The van der Waals surface area contributed by atoms with Crippen LogP contribution in [0.2, 0.25) is 10.0 Å². The van der Waals surface area contributed by atoms with E-state index in [9.17, 15) is 18.7 Å². The minimum atomic E-state index is -0.920.